The van der Waals surface area contributed by atoms with E-state index >= 15 is 0 Å². The molecule has 0 atom stereocenters. The lowest BCUT2D eigenvalue weighted by molar-refractivity contribution is -0.137. The smallest absolute Gasteiger partial charge is 0.441 e. The first-order valence-corrected chi connectivity index (χ1v) is 11.7. The maximum Gasteiger partial charge on any atom is 0.441 e. The van der Waals surface area contributed by atoms with Gasteiger partial charge in [-0.25, -0.2) is 4.57 Å². The van der Waals surface area contributed by atoms with Crippen molar-refractivity contribution in [1.29, 1.82) is 0 Å². The highest BCUT2D eigenvalue weighted by Crippen LogP contribution is 2.60. The zero-order valence-electron chi connectivity index (χ0n) is 17.5. The van der Waals surface area contributed by atoms with Crippen LogP contribution in [0.4, 0.5) is 0 Å². The lowest BCUT2D eigenvalue weighted by Crippen LogP contribution is -2.14. The largest absolute Gasteiger partial charge is 0.468 e. The summed E-state index contributed by atoms with van der Waals surface area (Å²) in [4.78, 5) is 12.1. The first kappa shape index (κ1) is 19.7. The quantitative estimate of drug-likeness (QED) is 0.270. The van der Waals surface area contributed by atoms with E-state index in [1.165, 1.54) is 7.11 Å². The molecule has 0 bridgehead atoms. The Labute approximate surface area is 180 Å². The average Bonchev–Trinajstić information content (AvgIpc) is 2.89. The minimum atomic E-state index is -3.88. The third-order valence-electron chi connectivity index (χ3n) is 5.64. The monoisotopic (exact) mass is 432 g/mol. The number of hydrogen-bond donors (Lipinski definition) is 0. The van der Waals surface area contributed by atoms with Crippen LogP contribution in [0, 0.1) is 13.8 Å². The summed E-state index contributed by atoms with van der Waals surface area (Å²) >= 11 is 0. The Hall–Kier alpha value is -3.30. The van der Waals surface area contributed by atoms with Crippen molar-refractivity contribution in [3.8, 4) is 22.6 Å². The van der Waals surface area contributed by atoms with Gasteiger partial charge in [0.15, 0.2) is 6.16 Å². The molecule has 1 heterocycles. The molecule has 0 N–H and O–H groups in total. The van der Waals surface area contributed by atoms with Crippen molar-refractivity contribution in [3.05, 3.63) is 71.8 Å². The van der Waals surface area contributed by atoms with Gasteiger partial charge >= 0.3 is 13.6 Å². The van der Waals surface area contributed by atoms with E-state index in [4.69, 9.17) is 13.8 Å². The van der Waals surface area contributed by atoms with E-state index in [9.17, 15) is 9.36 Å². The fourth-order valence-electron chi connectivity index (χ4n) is 4.25. The zero-order valence-corrected chi connectivity index (χ0v) is 18.4. The number of aryl methyl sites for hydroxylation is 2. The van der Waals surface area contributed by atoms with Gasteiger partial charge in [0.1, 0.15) is 11.5 Å². The van der Waals surface area contributed by atoms with Crippen LogP contribution in [0.1, 0.15) is 11.1 Å². The predicted octanol–water partition coefficient (Wildman–Crippen LogP) is 6.41. The number of benzene rings is 4. The van der Waals surface area contributed by atoms with Gasteiger partial charge in [-0.05, 0) is 58.7 Å². The number of ether oxygens (including phenoxy) is 1. The van der Waals surface area contributed by atoms with Crippen molar-refractivity contribution < 1.29 is 23.1 Å². The molecular formula is C25H21O5P. The molecule has 156 valence electrons. The summed E-state index contributed by atoms with van der Waals surface area (Å²) in [5, 5.41) is 4.03. The molecule has 0 unspecified atom stereocenters. The van der Waals surface area contributed by atoms with E-state index in [2.05, 4.69) is 0 Å². The Kier molecular flexibility index (Phi) is 4.53. The molecule has 0 radical (unpaired) electrons. The second-order valence-electron chi connectivity index (χ2n) is 7.77. The van der Waals surface area contributed by atoms with E-state index in [0.29, 0.717) is 11.5 Å². The molecule has 0 saturated heterocycles. The highest BCUT2D eigenvalue weighted by Gasteiger charge is 2.39. The summed E-state index contributed by atoms with van der Waals surface area (Å²) in [7, 11) is -2.62. The Morgan fingerprint density at radius 1 is 0.839 bits per heavy atom. The molecule has 4 aromatic carbocycles. The number of methoxy groups -OCH3 is 1. The normalized spacial score (nSPS) is 14.2. The molecule has 0 amide bonds. The average molecular weight is 432 g/mol. The molecule has 5 nitrogen and oxygen atoms in total. The summed E-state index contributed by atoms with van der Waals surface area (Å²) in [6, 6.07) is 20.0. The highest BCUT2D eigenvalue weighted by molar-refractivity contribution is 7.55. The number of fused-ring (bicyclic) bond motifs is 7. The fourth-order valence-corrected chi connectivity index (χ4v) is 5.89. The van der Waals surface area contributed by atoms with Crippen LogP contribution in [-0.4, -0.2) is 19.2 Å². The van der Waals surface area contributed by atoms with Crippen LogP contribution < -0.4 is 9.05 Å². The molecule has 6 heteroatoms. The number of carbonyl (C=O) groups excluding carboxylic acids is 1. The van der Waals surface area contributed by atoms with Crippen molar-refractivity contribution in [2.45, 2.75) is 13.8 Å². The predicted molar refractivity (Wildman–Crippen MR) is 122 cm³/mol. The minimum absolute atomic E-state index is 0.471. The maximum absolute atomic E-state index is 13.8. The topological polar surface area (TPSA) is 61.8 Å². The molecule has 0 fully saturated rings. The lowest BCUT2D eigenvalue weighted by atomic mass is 9.89. The van der Waals surface area contributed by atoms with Crippen molar-refractivity contribution in [2.75, 3.05) is 13.3 Å². The summed E-state index contributed by atoms with van der Waals surface area (Å²) in [6.45, 7) is 3.83. The molecule has 0 aliphatic carbocycles. The van der Waals surface area contributed by atoms with Gasteiger partial charge in [0.05, 0.1) is 7.11 Å². The molecule has 0 spiro atoms. The Morgan fingerprint density at radius 3 is 1.74 bits per heavy atom. The van der Waals surface area contributed by atoms with Crippen LogP contribution in [0.5, 0.6) is 11.5 Å². The molecule has 31 heavy (non-hydrogen) atoms. The maximum atomic E-state index is 13.8. The SMILES string of the molecule is COC(=O)CP1(=O)Oc2c(C)cc3ccccc3c2-c2c(c(C)cc3ccccc23)O1. The van der Waals surface area contributed by atoms with Crippen LogP contribution in [0.15, 0.2) is 60.7 Å². The van der Waals surface area contributed by atoms with Crippen LogP contribution in [-0.2, 0) is 14.1 Å². The van der Waals surface area contributed by atoms with Crippen molar-refractivity contribution in [1.82, 2.24) is 0 Å². The Bertz CT molecular complexity index is 1330. The van der Waals surface area contributed by atoms with Gasteiger partial charge in [0, 0.05) is 11.1 Å². The highest BCUT2D eigenvalue weighted by atomic mass is 31.2. The Morgan fingerprint density at radius 2 is 1.29 bits per heavy atom. The summed E-state index contributed by atoms with van der Waals surface area (Å²) in [5.74, 6) is 0.297. The van der Waals surface area contributed by atoms with Crippen LogP contribution >= 0.6 is 7.60 Å². The van der Waals surface area contributed by atoms with Crippen LogP contribution in [0.25, 0.3) is 32.7 Å². The van der Waals surface area contributed by atoms with E-state index in [1.54, 1.807) is 0 Å². The Balaban J connectivity index is 1.96. The van der Waals surface area contributed by atoms with Gasteiger partial charge in [-0.2, -0.15) is 0 Å². The van der Waals surface area contributed by atoms with Crippen LogP contribution in [0.3, 0.4) is 0 Å². The third-order valence-corrected chi connectivity index (χ3v) is 7.20. The molecule has 0 saturated carbocycles. The molecule has 0 aromatic heterocycles. The first-order chi connectivity index (χ1) is 14.9. The zero-order chi connectivity index (χ0) is 21.8. The van der Waals surface area contributed by atoms with Gasteiger partial charge in [0.2, 0.25) is 0 Å². The van der Waals surface area contributed by atoms with Gasteiger partial charge < -0.3 is 13.8 Å². The first-order valence-electron chi connectivity index (χ1n) is 10.0. The minimum Gasteiger partial charge on any atom is -0.468 e. The number of carbonyl (C=O) groups is 1. The summed E-state index contributed by atoms with van der Waals surface area (Å²) < 4.78 is 30.7. The molecule has 1 aliphatic heterocycles. The van der Waals surface area contributed by atoms with Crippen LogP contribution in [0.2, 0.25) is 0 Å². The third kappa shape index (κ3) is 3.17. The standard InChI is InChI=1S/C25H21O5P/c1-15-12-17-8-4-6-10-19(17)22-23-20-11-7-5-9-18(20)13-16(2)25(23)30-31(27,29-24(15)22)14-21(26)28-3/h4-13H,14H2,1-3H3. The van der Waals surface area contributed by atoms with Gasteiger partial charge in [-0.15, -0.1) is 0 Å². The lowest BCUT2D eigenvalue weighted by Gasteiger charge is -2.19. The number of hydrogen-bond acceptors (Lipinski definition) is 5. The van der Waals surface area contributed by atoms with E-state index < -0.39 is 19.7 Å². The van der Waals surface area contributed by atoms with Crippen molar-refractivity contribution in [3.63, 3.8) is 0 Å². The van der Waals surface area contributed by atoms with Gasteiger partial charge in [-0.3, -0.25) is 4.79 Å². The molecule has 4 aromatic rings. The number of rotatable bonds is 2. The van der Waals surface area contributed by atoms with Crippen molar-refractivity contribution >= 4 is 35.1 Å². The second-order valence-corrected chi connectivity index (χ2v) is 9.67. The van der Waals surface area contributed by atoms with E-state index in [-0.39, 0.29) is 0 Å². The van der Waals surface area contributed by atoms with E-state index in [0.717, 1.165) is 43.8 Å². The van der Waals surface area contributed by atoms with Crippen molar-refractivity contribution in [2.24, 2.45) is 0 Å². The molecular weight excluding hydrogens is 411 g/mol. The van der Waals surface area contributed by atoms with E-state index in [1.807, 2.05) is 74.5 Å². The van der Waals surface area contributed by atoms with Gasteiger partial charge in [0.25, 0.3) is 0 Å². The molecule has 5 rings (SSSR count). The second kappa shape index (κ2) is 7.14. The fraction of sp³-hybridized carbons (Fsp3) is 0.160. The summed E-state index contributed by atoms with van der Waals surface area (Å²) in [6.07, 6.45) is -0.471. The summed E-state index contributed by atoms with van der Waals surface area (Å²) in [5.41, 5.74) is 3.29. The number of esters is 1. The molecule has 1 aliphatic rings. The van der Waals surface area contributed by atoms with Gasteiger partial charge in [-0.1, -0.05) is 48.5 Å².